The number of hydrogen-bond donors (Lipinski definition) is 2. The van der Waals surface area contributed by atoms with Gasteiger partial charge in [0.25, 0.3) is 0 Å². The molecule has 3 unspecified atom stereocenters. The van der Waals surface area contributed by atoms with Crippen LogP contribution in [-0.2, 0) is 5.60 Å². The summed E-state index contributed by atoms with van der Waals surface area (Å²) < 4.78 is 49.9. The number of rotatable bonds is 10. The van der Waals surface area contributed by atoms with Crippen LogP contribution in [0.1, 0.15) is 51.7 Å². The van der Waals surface area contributed by atoms with Crippen molar-refractivity contribution in [3.63, 3.8) is 0 Å². The number of benzene rings is 2. The number of allylic oxidation sites excluding steroid dienone is 3. The van der Waals surface area contributed by atoms with E-state index in [9.17, 15) is 9.50 Å². The fraction of sp³-hybridized carbons (Fsp3) is 0.345. The van der Waals surface area contributed by atoms with E-state index in [2.05, 4.69) is 11.7 Å². The van der Waals surface area contributed by atoms with Crippen molar-refractivity contribution in [2.24, 2.45) is 16.8 Å². The summed E-state index contributed by atoms with van der Waals surface area (Å²) in [5.74, 6) is -0.895. The first-order valence-electron chi connectivity index (χ1n) is 12.3. The minimum absolute atomic E-state index is 0.0175. The standard InChI is InChI=1S/C29H33ClF3N3O2/c1-6-18(2)27(34)35-36-15-13-20(17-19(36)3)23-11-12-24(30)26(25(23)32)38-16-14-28(4,33)29(5,37)21-7-9-22(31)10-8-21/h7-13,15,17-18,37H,3,6,14,16H2,1-2,4-5H3,(H2,34,35). The van der Waals surface area contributed by atoms with E-state index in [0.29, 0.717) is 17.1 Å². The molecule has 9 heteroatoms. The van der Waals surface area contributed by atoms with Gasteiger partial charge in [0.05, 0.1) is 17.3 Å². The maximum Gasteiger partial charge on any atom is 0.174 e. The van der Waals surface area contributed by atoms with E-state index in [1.54, 1.807) is 18.4 Å². The maximum atomic E-state index is 15.6. The SMILES string of the molecule is C=C1C=C(c2ccc(Cl)c(OCCC(C)(F)C(C)(O)c3ccc(F)cc3)c2F)C=CN1/N=C(/N)C(C)CC. The van der Waals surface area contributed by atoms with Gasteiger partial charge in [0.2, 0.25) is 0 Å². The second kappa shape index (κ2) is 11.7. The Morgan fingerprint density at radius 3 is 2.47 bits per heavy atom. The third-order valence-corrected chi connectivity index (χ3v) is 7.25. The molecule has 2 aromatic rings. The molecule has 204 valence electrons. The highest BCUT2D eigenvalue weighted by Crippen LogP contribution is 2.40. The van der Waals surface area contributed by atoms with Gasteiger partial charge in [0.1, 0.15) is 22.9 Å². The van der Waals surface area contributed by atoms with Gasteiger partial charge in [-0.1, -0.05) is 44.2 Å². The first-order valence-corrected chi connectivity index (χ1v) is 12.7. The largest absolute Gasteiger partial charge is 0.489 e. The number of hydrazone groups is 1. The smallest absolute Gasteiger partial charge is 0.174 e. The van der Waals surface area contributed by atoms with Gasteiger partial charge in [-0.25, -0.2) is 18.2 Å². The normalized spacial score (nSPS) is 18.0. The lowest BCUT2D eigenvalue weighted by Gasteiger charge is -2.36. The Hall–Kier alpha value is -3.23. The zero-order valence-corrected chi connectivity index (χ0v) is 22.7. The molecule has 0 aliphatic carbocycles. The van der Waals surface area contributed by atoms with Gasteiger partial charge < -0.3 is 15.6 Å². The summed E-state index contributed by atoms with van der Waals surface area (Å²) in [4.78, 5) is 0. The molecule has 0 aromatic heterocycles. The molecular weight excluding hydrogens is 515 g/mol. The number of hydrogen-bond acceptors (Lipinski definition) is 4. The van der Waals surface area contributed by atoms with Crippen molar-refractivity contribution in [1.82, 2.24) is 5.01 Å². The summed E-state index contributed by atoms with van der Waals surface area (Å²) in [6, 6.07) is 7.93. The van der Waals surface area contributed by atoms with Crippen LogP contribution in [0.25, 0.3) is 5.57 Å². The molecule has 0 saturated heterocycles. The molecule has 0 saturated carbocycles. The minimum Gasteiger partial charge on any atom is -0.489 e. The molecule has 3 N–H and O–H groups in total. The second-order valence-corrected chi connectivity index (χ2v) is 10.1. The van der Waals surface area contributed by atoms with Crippen LogP contribution in [0, 0.1) is 17.6 Å². The summed E-state index contributed by atoms with van der Waals surface area (Å²) in [6.45, 7) is 10.2. The van der Waals surface area contributed by atoms with Gasteiger partial charge in [-0.05, 0) is 67.8 Å². The molecule has 5 nitrogen and oxygen atoms in total. The lowest BCUT2D eigenvalue weighted by atomic mass is 9.79. The first-order chi connectivity index (χ1) is 17.8. The molecule has 3 rings (SSSR count). The molecule has 38 heavy (non-hydrogen) atoms. The van der Waals surface area contributed by atoms with E-state index < -0.39 is 22.9 Å². The highest BCUT2D eigenvalue weighted by molar-refractivity contribution is 6.32. The average molecular weight is 548 g/mol. The summed E-state index contributed by atoms with van der Waals surface area (Å²) in [5.41, 5.74) is 3.32. The van der Waals surface area contributed by atoms with Gasteiger partial charge >= 0.3 is 0 Å². The Kier molecular flexibility index (Phi) is 9.00. The number of alkyl halides is 1. The van der Waals surface area contributed by atoms with E-state index in [4.69, 9.17) is 22.1 Å². The molecule has 0 spiro atoms. The third kappa shape index (κ3) is 6.25. The molecule has 3 atom stereocenters. The summed E-state index contributed by atoms with van der Waals surface area (Å²) in [7, 11) is 0. The van der Waals surface area contributed by atoms with Crippen molar-refractivity contribution in [3.05, 3.63) is 94.8 Å². The number of amidine groups is 1. The zero-order valence-electron chi connectivity index (χ0n) is 21.9. The van der Waals surface area contributed by atoms with E-state index in [1.807, 2.05) is 13.8 Å². The molecule has 0 amide bonds. The van der Waals surface area contributed by atoms with Crippen molar-refractivity contribution < 1.29 is 23.0 Å². The molecule has 1 aliphatic rings. The van der Waals surface area contributed by atoms with Crippen LogP contribution in [-0.4, -0.2) is 28.2 Å². The van der Waals surface area contributed by atoms with Gasteiger partial charge in [0.15, 0.2) is 11.6 Å². The predicted octanol–water partition coefficient (Wildman–Crippen LogP) is 7.07. The van der Waals surface area contributed by atoms with Crippen molar-refractivity contribution in [2.45, 2.75) is 51.8 Å². The van der Waals surface area contributed by atoms with E-state index in [1.165, 1.54) is 43.1 Å². The van der Waals surface area contributed by atoms with Crippen LogP contribution in [0.2, 0.25) is 5.02 Å². The number of nitrogens with zero attached hydrogens (tertiary/aromatic N) is 2. The zero-order chi connectivity index (χ0) is 28.3. The third-order valence-electron chi connectivity index (χ3n) is 6.95. The Morgan fingerprint density at radius 1 is 1.21 bits per heavy atom. The topological polar surface area (TPSA) is 71.1 Å². The number of halogens is 4. The molecule has 0 fully saturated rings. The van der Waals surface area contributed by atoms with Crippen molar-refractivity contribution in [1.29, 1.82) is 0 Å². The quantitative estimate of drug-likeness (QED) is 0.246. The monoisotopic (exact) mass is 547 g/mol. The fourth-order valence-electron chi connectivity index (χ4n) is 3.79. The van der Waals surface area contributed by atoms with Crippen LogP contribution < -0.4 is 10.5 Å². The molecule has 0 bridgehead atoms. The highest BCUT2D eigenvalue weighted by Gasteiger charge is 2.45. The van der Waals surface area contributed by atoms with E-state index >= 15 is 8.78 Å². The molecular formula is C29H33ClF3N3O2. The Balaban J connectivity index is 1.75. The van der Waals surface area contributed by atoms with Crippen LogP contribution in [0.5, 0.6) is 5.75 Å². The molecule has 1 aliphatic heterocycles. The number of aliphatic hydroxyl groups is 1. The Morgan fingerprint density at radius 2 is 1.87 bits per heavy atom. The minimum atomic E-state index is -2.18. The van der Waals surface area contributed by atoms with Crippen molar-refractivity contribution >= 4 is 23.0 Å². The number of ether oxygens (including phenoxy) is 1. The lowest BCUT2D eigenvalue weighted by molar-refractivity contribution is -0.0955. The predicted molar refractivity (Wildman–Crippen MR) is 146 cm³/mol. The number of nitrogens with two attached hydrogens (primary N) is 1. The van der Waals surface area contributed by atoms with Crippen LogP contribution >= 0.6 is 11.6 Å². The van der Waals surface area contributed by atoms with Gasteiger partial charge in [-0.15, -0.1) is 0 Å². The maximum absolute atomic E-state index is 15.6. The van der Waals surface area contributed by atoms with Crippen LogP contribution in [0.15, 0.2) is 72.1 Å². The Labute approximate surface area is 226 Å². The first kappa shape index (κ1) is 29.3. The fourth-order valence-corrected chi connectivity index (χ4v) is 3.99. The summed E-state index contributed by atoms with van der Waals surface area (Å²) in [5, 5.41) is 16.8. The molecule has 2 aromatic carbocycles. The second-order valence-electron chi connectivity index (χ2n) is 9.70. The van der Waals surface area contributed by atoms with Crippen LogP contribution in [0.3, 0.4) is 0 Å². The average Bonchev–Trinajstić information content (AvgIpc) is 2.86. The molecule has 0 radical (unpaired) electrons. The van der Waals surface area contributed by atoms with Crippen LogP contribution in [0.4, 0.5) is 13.2 Å². The highest BCUT2D eigenvalue weighted by atomic mass is 35.5. The van der Waals surface area contributed by atoms with E-state index in [-0.39, 0.29) is 40.8 Å². The van der Waals surface area contributed by atoms with Gasteiger partial charge in [0, 0.05) is 24.1 Å². The van der Waals surface area contributed by atoms with Crippen molar-refractivity contribution in [3.8, 4) is 5.75 Å². The Bertz CT molecular complexity index is 1270. The lowest BCUT2D eigenvalue weighted by Crippen LogP contribution is -2.45. The molecule has 1 heterocycles. The van der Waals surface area contributed by atoms with Gasteiger partial charge in [-0.3, -0.25) is 0 Å². The van der Waals surface area contributed by atoms with Crippen molar-refractivity contribution in [2.75, 3.05) is 6.61 Å². The summed E-state index contributed by atoms with van der Waals surface area (Å²) in [6.07, 6.45) is 5.50. The van der Waals surface area contributed by atoms with Gasteiger partial charge in [-0.2, -0.15) is 5.10 Å². The summed E-state index contributed by atoms with van der Waals surface area (Å²) >= 11 is 6.20. The van der Waals surface area contributed by atoms with E-state index in [0.717, 1.165) is 18.6 Å².